The summed E-state index contributed by atoms with van der Waals surface area (Å²) in [5, 5.41) is 9.35. The zero-order valence-corrected chi connectivity index (χ0v) is 17.6. The lowest BCUT2D eigenvalue weighted by molar-refractivity contribution is -0.124. The van der Waals surface area contributed by atoms with Gasteiger partial charge >= 0.3 is 0 Å². The summed E-state index contributed by atoms with van der Waals surface area (Å²) in [5.74, 6) is 1.44. The van der Waals surface area contributed by atoms with Crippen LogP contribution in [0.3, 0.4) is 0 Å². The minimum atomic E-state index is -0.332. The van der Waals surface area contributed by atoms with Gasteiger partial charge in [-0.1, -0.05) is 12.1 Å². The fourth-order valence-corrected chi connectivity index (χ4v) is 2.76. The predicted molar refractivity (Wildman–Crippen MR) is 115 cm³/mol. The number of hydrogen-bond donors (Lipinski definition) is 3. The van der Waals surface area contributed by atoms with Gasteiger partial charge in [0.15, 0.2) is 5.96 Å². The molecule has 1 unspecified atom stereocenters. The Hall–Kier alpha value is -2.07. The Kier molecular flexibility index (Phi) is 8.59. The number of rotatable bonds is 6. The Morgan fingerprint density at radius 3 is 2.78 bits per heavy atom. The second-order valence-electron chi connectivity index (χ2n) is 6.05. The molecule has 3 N–H and O–H groups in total. The van der Waals surface area contributed by atoms with Gasteiger partial charge < -0.3 is 25.1 Å². The van der Waals surface area contributed by atoms with Gasteiger partial charge in [-0.15, -0.1) is 24.0 Å². The topological polar surface area (TPSA) is 87.9 Å². The van der Waals surface area contributed by atoms with Crippen LogP contribution in [-0.4, -0.2) is 31.6 Å². The van der Waals surface area contributed by atoms with Gasteiger partial charge in [-0.3, -0.25) is 9.79 Å². The lowest BCUT2D eigenvalue weighted by Gasteiger charge is -2.13. The number of amides is 1. The van der Waals surface area contributed by atoms with Crippen molar-refractivity contribution in [2.45, 2.75) is 32.0 Å². The number of hydrogen-bond acceptors (Lipinski definition) is 4. The van der Waals surface area contributed by atoms with Gasteiger partial charge in [0.25, 0.3) is 5.91 Å². The van der Waals surface area contributed by atoms with Gasteiger partial charge in [0.05, 0.1) is 12.8 Å². The number of nitrogens with one attached hydrogen (secondary N) is 3. The van der Waals surface area contributed by atoms with Gasteiger partial charge in [-0.25, -0.2) is 0 Å². The van der Waals surface area contributed by atoms with E-state index in [1.807, 2.05) is 36.4 Å². The van der Waals surface area contributed by atoms with Crippen LogP contribution in [0.1, 0.15) is 24.2 Å². The van der Waals surface area contributed by atoms with Crippen molar-refractivity contribution in [1.29, 1.82) is 0 Å². The molecular formula is C19H25IN4O3. The Bertz CT molecular complexity index is 743. The van der Waals surface area contributed by atoms with Gasteiger partial charge in [-0.2, -0.15) is 0 Å². The van der Waals surface area contributed by atoms with E-state index in [1.54, 1.807) is 13.3 Å². The average Bonchev–Trinajstić information content (AvgIpc) is 3.36. The van der Waals surface area contributed by atoms with Crippen LogP contribution in [-0.2, 0) is 22.6 Å². The van der Waals surface area contributed by atoms with Crippen molar-refractivity contribution in [3.63, 3.8) is 0 Å². The fraction of sp³-hybridized carbons (Fsp3) is 0.368. The van der Waals surface area contributed by atoms with E-state index >= 15 is 0 Å². The van der Waals surface area contributed by atoms with Gasteiger partial charge in [0, 0.05) is 25.9 Å². The number of anilines is 1. The smallest absolute Gasteiger partial charge is 0.253 e. The molecule has 1 saturated heterocycles. The monoisotopic (exact) mass is 484 g/mol. The van der Waals surface area contributed by atoms with E-state index in [-0.39, 0.29) is 36.0 Å². The maximum absolute atomic E-state index is 12.1. The number of furan rings is 1. The third-order valence-corrected chi connectivity index (χ3v) is 4.11. The van der Waals surface area contributed by atoms with Gasteiger partial charge in [-0.05, 0) is 42.7 Å². The van der Waals surface area contributed by atoms with Crippen LogP contribution in [0.2, 0.25) is 0 Å². The summed E-state index contributed by atoms with van der Waals surface area (Å²) in [4.78, 5) is 16.3. The third-order valence-electron chi connectivity index (χ3n) is 4.11. The molecule has 0 saturated carbocycles. The van der Waals surface area contributed by atoms with Crippen LogP contribution in [0.25, 0.3) is 0 Å². The molecule has 1 fully saturated rings. The summed E-state index contributed by atoms with van der Waals surface area (Å²) < 4.78 is 10.7. The van der Waals surface area contributed by atoms with E-state index in [2.05, 4.69) is 20.9 Å². The highest BCUT2D eigenvalue weighted by Crippen LogP contribution is 2.16. The Morgan fingerprint density at radius 2 is 2.07 bits per heavy atom. The van der Waals surface area contributed by atoms with Crippen LogP contribution in [0.15, 0.2) is 52.1 Å². The van der Waals surface area contributed by atoms with Crippen molar-refractivity contribution >= 4 is 41.5 Å². The number of carbonyl (C=O) groups excluding carboxylic acids is 1. The van der Waals surface area contributed by atoms with Crippen LogP contribution in [0.5, 0.6) is 0 Å². The SMILES string of the molecule is CN=C(NCc1cccc(NC(=O)C2CCCO2)c1)NCc1ccco1.I. The molecular weight excluding hydrogens is 459 g/mol. The number of carbonyl (C=O) groups is 1. The van der Waals surface area contributed by atoms with Crippen LogP contribution in [0.4, 0.5) is 5.69 Å². The van der Waals surface area contributed by atoms with Crippen molar-refractivity contribution in [3.8, 4) is 0 Å². The van der Waals surface area contributed by atoms with E-state index in [0.29, 0.717) is 25.7 Å². The standard InChI is InChI=1S/C19H24N4O3.HI/c1-20-19(22-13-16-7-3-9-25-16)21-12-14-5-2-6-15(11-14)23-18(24)17-8-4-10-26-17;/h2-3,5-7,9,11,17H,4,8,10,12-13H2,1H3,(H,23,24)(H2,20,21,22);1H. The maximum atomic E-state index is 12.1. The molecule has 1 aliphatic rings. The Labute approximate surface area is 176 Å². The van der Waals surface area contributed by atoms with Crippen molar-refractivity contribution < 1.29 is 13.9 Å². The Morgan fingerprint density at radius 1 is 1.22 bits per heavy atom. The summed E-state index contributed by atoms with van der Waals surface area (Å²) in [6, 6.07) is 11.5. The molecule has 1 atom stereocenters. The van der Waals surface area contributed by atoms with E-state index in [1.165, 1.54) is 0 Å². The summed E-state index contributed by atoms with van der Waals surface area (Å²) in [5.41, 5.74) is 1.81. The van der Waals surface area contributed by atoms with Crippen LogP contribution in [0, 0.1) is 0 Å². The van der Waals surface area contributed by atoms with Crippen LogP contribution < -0.4 is 16.0 Å². The molecule has 27 heavy (non-hydrogen) atoms. The van der Waals surface area contributed by atoms with Gasteiger partial charge in [0.1, 0.15) is 11.9 Å². The second kappa shape index (κ2) is 10.9. The van der Waals surface area contributed by atoms with Gasteiger partial charge in [0.2, 0.25) is 0 Å². The average molecular weight is 484 g/mol. The number of aliphatic imine (C=N–C) groups is 1. The summed E-state index contributed by atoms with van der Waals surface area (Å²) in [6.07, 6.45) is 3.03. The number of benzene rings is 1. The first-order valence-corrected chi connectivity index (χ1v) is 8.73. The molecule has 3 rings (SSSR count). The highest BCUT2D eigenvalue weighted by Gasteiger charge is 2.23. The first-order valence-electron chi connectivity index (χ1n) is 8.73. The molecule has 1 aromatic carbocycles. The normalized spacial score (nSPS) is 16.5. The first-order chi connectivity index (χ1) is 12.7. The predicted octanol–water partition coefficient (Wildman–Crippen LogP) is 2.88. The molecule has 0 bridgehead atoms. The molecule has 146 valence electrons. The molecule has 1 aromatic heterocycles. The molecule has 0 spiro atoms. The summed E-state index contributed by atoms with van der Waals surface area (Å²) in [6.45, 7) is 1.80. The first kappa shape index (κ1) is 21.2. The largest absolute Gasteiger partial charge is 0.467 e. The van der Waals surface area contributed by atoms with E-state index in [9.17, 15) is 4.79 Å². The van der Waals surface area contributed by atoms with Crippen LogP contribution >= 0.6 is 24.0 Å². The zero-order chi connectivity index (χ0) is 18.2. The molecule has 1 aliphatic heterocycles. The molecule has 2 heterocycles. The number of guanidine groups is 1. The molecule has 0 radical (unpaired) electrons. The van der Waals surface area contributed by atoms with Crippen molar-refractivity contribution in [2.75, 3.05) is 19.0 Å². The van der Waals surface area contributed by atoms with Crippen molar-refractivity contribution in [2.24, 2.45) is 4.99 Å². The van der Waals surface area contributed by atoms with Crippen molar-refractivity contribution in [3.05, 3.63) is 54.0 Å². The molecule has 1 amide bonds. The van der Waals surface area contributed by atoms with E-state index in [4.69, 9.17) is 9.15 Å². The third kappa shape index (κ3) is 6.55. The highest BCUT2D eigenvalue weighted by molar-refractivity contribution is 14.0. The minimum Gasteiger partial charge on any atom is -0.467 e. The second-order valence-corrected chi connectivity index (χ2v) is 6.05. The quantitative estimate of drug-likeness (QED) is 0.334. The lowest BCUT2D eigenvalue weighted by atomic mass is 10.2. The molecule has 0 aliphatic carbocycles. The molecule has 8 heteroatoms. The molecule has 2 aromatic rings. The lowest BCUT2D eigenvalue weighted by Crippen LogP contribution is -2.36. The molecule has 7 nitrogen and oxygen atoms in total. The fourth-order valence-electron chi connectivity index (χ4n) is 2.76. The van der Waals surface area contributed by atoms with E-state index in [0.717, 1.165) is 29.9 Å². The Balaban J connectivity index is 0.00000261. The van der Waals surface area contributed by atoms with Crippen molar-refractivity contribution in [1.82, 2.24) is 10.6 Å². The summed E-state index contributed by atoms with van der Waals surface area (Å²) in [7, 11) is 1.72. The number of halogens is 1. The summed E-state index contributed by atoms with van der Waals surface area (Å²) >= 11 is 0. The zero-order valence-electron chi connectivity index (χ0n) is 15.2. The highest BCUT2D eigenvalue weighted by atomic mass is 127. The minimum absolute atomic E-state index is 0. The number of ether oxygens (including phenoxy) is 1. The number of nitrogens with zero attached hydrogens (tertiary/aromatic N) is 1. The maximum Gasteiger partial charge on any atom is 0.253 e. The van der Waals surface area contributed by atoms with E-state index < -0.39 is 0 Å².